The Hall–Kier alpha value is -0.610. The van der Waals surface area contributed by atoms with Crippen molar-refractivity contribution >= 4 is 5.97 Å². The lowest BCUT2D eigenvalue weighted by Crippen LogP contribution is -2.52. The largest absolute Gasteiger partial charge is 0.459 e. The summed E-state index contributed by atoms with van der Waals surface area (Å²) >= 11 is 0. The van der Waals surface area contributed by atoms with Gasteiger partial charge >= 0.3 is 5.97 Å². The number of esters is 1. The Morgan fingerprint density at radius 2 is 2.00 bits per heavy atom. The third-order valence-electron chi connectivity index (χ3n) is 2.82. The highest BCUT2D eigenvalue weighted by Gasteiger charge is 2.32. The van der Waals surface area contributed by atoms with Gasteiger partial charge in [0.15, 0.2) is 0 Å². The number of nitrogens with zero attached hydrogens (tertiary/aromatic N) is 1. The zero-order valence-corrected chi connectivity index (χ0v) is 10.8. The molecule has 1 saturated carbocycles. The summed E-state index contributed by atoms with van der Waals surface area (Å²) in [7, 11) is 0. The lowest BCUT2D eigenvalue weighted by atomic mass is 9.86. The predicted molar refractivity (Wildman–Crippen MR) is 64.1 cm³/mol. The van der Waals surface area contributed by atoms with Crippen LogP contribution in [0, 0.1) is 0 Å². The molecule has 0 saturated heterocycles. The van der Waals surface area contributed by atoms with Gasteiger partial charge in [-0.05, 0) is 40.2 Å². The van der Waals surface area contributed by atoms with Crippen molar-refractivity contribution in [2.75, 3.05) is 13.1 Å². The van der Waals surface area contributed by atoms with E-state index in [2.05, 4.69) is 11.8 Å². The fourth-order valence-electron chi connectivity index (χ4n) is 1.97. The Morgan fingerprint density at radius 3 is 2.38 bits per heavy atom. The molecule has 0 aliphatic heterocycles. The fourth-order valence-corrected chi connectivity index (χ4v) is 1.97. The third-order valence-corrected chi connectivity index (χ3v) is 2.82. The maximum atomic E-state index is 11.7. The number of carbonyl (C=O) groups excluding carboxylic acids is 1. The highest BCUT2D eigenvalue weighted by molar-refractivity contribution is 5.72. The monoisotopic (exact) mass is 228 g/mol. The predicted octanol–water partition coefficient (Wildman–Crippen LogP) is 1.14. The summed E-state index contributed by atoms with van der Waals surface area (Å²) in [5.74, 6) is -0.144. The molecule has 0 radical (unpaired) electrons. The van der Waals surface area contributed by atoms with Crippen molar-refractivity contribution in [3.8, 4) is 0 Å². The number of hydrogen-bond donors (Lipinski definition) is 1. The summed E-state index contributed by atoms with van der Waals surface area (Å²) in [5, 5.41) is 0. The number of ether oxygens (including phenoxy) is 1. The lowest BCUT2D eigenvalue weighted by molar-refractivity contribution is -0.157. The summed E-state index contributed by atoms with van der Waals surface area (Å²) in [5.41, 5.74) is 5.35. The summed E-state index contributed by atoms with van der Waals surface area (Å²) in [6, 6.07) is 0.783. The van der Waals surface area contributed by atoms with Gasteiger partial charge in [-0.3, -0.25) is 9.69 Å². The molecule has 0 atom stereocenters. The zero-order valence-electron chi connectivity index (χ0n) is 10.8. The summed E-state index contributed by atoms with van der Waals surface area (Å²) in [6.07, 6.45) is 1.99. The van der Waals surface area contributed by atoms with Crippen LogP contribution in [0.15, 0.2) is 0 Å². The van der Waals surface area contributed by atoms with Gasteiger partial charge in [0, 0.05) is 12.1 Å². The number of likely N-dealkylation sites (N-methyl/N-ethyl adjacent to an activating group) is 1. The molecule has 16 heavy (non-hydrogen) atoms. The second-order valence-electron chi connectivity index (χ2n) is 5.53. The summed E-state index contributed by atoms with van der Waals surface area (Å²) in [6.45, 7) is 8.98. The second-order valence-corrected chi connectivity index (χ2v) is 5.53. The van der Waals surface area contributed by atoms with Gasteiger partial charge in [-0.2, -0.15) is 0 Å². The van der Waals surface area contributed by atoms with Crippen LogP contribution in [-0.2, 0) is 9.53 Å². The van der Waals surface area contributed by atoms with E-state index in [1.807, 2.05) is 20.8 Å². The number of nitrogens with two attached hydrogens (primary N) is 1. The van der Waals surface area contributed by atoms with Crippen LogP contribution < -0.4 is 5.73 Å². The molecule has 4 nitrogen and oxygen atoms in total. The normalized spacial score (nSPS) is 25.4. The molecule has 0 aromatic carbocycles. The van der Waals surface area contributed by atoms with E-state index in [1.165, 1.54) is 0 Å². The Kier molecular flexibility index (Phi) is 4.33. The van der Waals surface area contributed by atoms with Crippen molar-refractivity contribution < 1.29 is 9.53 Å². The Bertz CT molecular complexity index is 242. The first-order valence-corrected chi connectivity index (χ1v) is 6.03. The van der Waals surface area contributed by atoms with Gasteiger partial charge in [-0.25, -0.2) is 0 Å². The number of hydrogen-bond acceptors (Lipinski definition) is 4. The quantitative estimate of drug-likeness (QED) is 0.733. The average Bonchev–Trinajstić information content (AvgIpc) is 2.06. The van der Waals surface area contributed by atoms with Gasteiger partial charge in [0.2, 0.25) is 0 Å². The van der Waals surface area contributed by atoms with Crippen LogP contribution in [0.3, 0.4) is 0 Å². The molecule has 0 aromatic heterocycles. The highest BCUT2D eigenvalue weighted by atomic mass is 16.6. The van der Waals surface area contributed by atoms with E-state index in [1.54, 1.807) is 0 Å². The SMILES string of the molecule is CCN(CC(=O)OC(C)(C)C)C1CC(N)C1. The van der Waals surface area contributed by atoms with E-state index < -0.39 is 5.60 Å². The van der Waals surface area contributed by atoms with Gasteiger partial charge in [-0.15, -0.1) is 0 Å². The lowest BCUT2D eigenvalue weighted by Gasteiger charge is -2.40. The van der Waals surface area contributed by atoms with Gasteiger partial charge in [0.05, 0.1) is 6.54 Å². The van der Waals surface area contributed by atoms with Crippen LogP contribution in [0.1, 0.15) is 40.5 Å². The minimum absolute atomic E-state index is 0.144. The molecule has 0 spiro atoms. The van der Waals surface area contributed by atoms with Crippen molar-refractivity contribution in [3.63, 3.8) is 0 Å². The maximum absolute atomic E-state index is 11.7. The van der Waals surface area contributed by atoms with Crippen LogP contribution in [0.25, 0.3) is 0 Å². The molecular formula is C12H24N2O2. The number of carbonyl (C=O) groups is 1. The van der Waals surface area contributed by atoms with E-state index >= 15 is 0 Å². The highest BCUT2D eigenvalue weighted by Crippen LogP contribution is 2.23. The number of rotatable bonds is 4. The topological polar surface area (TPSA) is 55.6 Å². The zero-order chi connectivity index (χ0) is 12.3. The van der Waals surface area contributed by atoms with E-state index in [9.17, 15) is 4.79 Å². The minimum Gasteiger partial charge on any atom is -0.459 e. The van der Waals surface area contributed by atoms with Crippen molar-refractivity contribution in [2.45, 2.75) is 58.2 Å². The van der Waals surface area contributed by atoms with Crippen LogP contribution in [0.2, 0.25) is 0 Å². The van der Waals surface area contributed by atoms with Crippen molar-refractivity contribution in [1.29, 1.82) is 0 Å². The van der Waals surface area contributed by atoms with Crippen molar-refractivity contribution in [3.05, 3.63) is 0 Å². The van der Waals surface area contributed by atoms with E-state index in [0.717, 1.165) is 19.4 Å². The molecule has 94 valence electrons. The van der Waals surface area contributed by atoms with Gasteiger partial charge in [0.25, 0.3) is 0 Å². The molecule has 0 bridgehead atoms. The Morgan fingerprint density at radius 1 is 1.44 bits per heavy atom. The Labute approximate surface area is 98.1 Å². The van der Waals surface area contributed by atoms with Crippen LogP contribution in [0.5, 0.6) is 0 Å². The summed E-state index contributed by atoms with van der Waals surface area (Å²) in [4.78, 5) is 13.8. The second kappa shape index (κ2) is 5.15. The molecule has 1 rings (SSSR count). The first-order valence-electron chi connectivity index (χ1n) is 6.03. The molecule has 4 heteroatoms. The maximum Gasteiger partial charge on any atom is 0.320 e. The molecular weight excluding hydrogens is 204 g/mol. The summed E-state index contributed by atoms with van der Waals surface area (Å²) < 4.78 is 5.30. The van der Waals surface area contributed by atoms with Gasteiger partial charge in [0.1, 0.15) is 5.60 Å². The first-order chi connectivity index (χ1) is 7.31. The molecule has 1 aliphatic rings. The smallest absolute Gasteiger partial charge is 0.320 e. The van der Waals surface area contributed by atoms with E-state index in [-0.39, 0.29) is 5.97 Å². The van der Waals surface area contributed by atoms with Crippen molar-refractivity contribution in [1.82, 2.24) is 4.90 Å². The molecule has 1 fully saturated rings. The molecule has 0 aromatic rings. The van der Waals surface area contributed by atoms with E-state index in [4.69, 9.17) is 10.5 Å². The molecule has 0 unspecified atom stereocenters. The minimum atomic E-state index is -0.396. The third kappa shape index (κ3) is 4.10. The van der Waals surface area contributed by atoms with E-state index in [0.29, 0.717) is 18.6 Å². The molecule has 0 amide bonds. The fraction of sp³-hybridized carbons (Fsp3) is 0.917. The van der Waals surface area contributed by atoms with Gasteiger partial charge in [-0.1, -0.05) is 6.92 Å². The van der Waals surface area contributed by atoms with Crippen LogP contribution in [-0.4, -0.2) is 41.6 Å². The molecule has 0 heterocycles. The first kappa shape index (κ1) is 13.5. The average molecular weight is 228 g/mol. The Balaban J connectivity index is 2.36. The molecule has 1 aliphatic carbocycles. The standard InChI is InChI=1S/C12H24N2O2/c1-5-14(10-6-9(13)7-10)8-11(15)16-12(2,3)4/h9-10H,5-8,13H2,1-4H3. The van der Waals surface area contributed by atoms with Crippen molar-refractivity contribution in [2.24, 2.45) is 5.73 Å². The van der Waals surface area contributed by atoms with Crippen LogP contribution >= 0.6 is 0 Å². The molecule has 2 N–H and O–H groups in total. The van der Waals surface area contributed by atoms with Crippen LogP contribution in [0.4, 0.5) is 0 Å². The van der Waals surface area contributed by atoms with Gasteiger partial charge < -0.3 is 10.5 Å².